The molecule has 32 heavy (non-hydrogen) atoms. The molecule has 0 bridgehead atoms. The fourth-order valence-electron chi connectivity index (χ4n) is 3.85. The maximum atomic E-state index is 13.0. The second kappa shape index (κ2) is 11.0. The molecule has 0 saturated carbocycles. The van der Waals surface area contributed by atoms with Gasteiger partial charge in [-0.3, -0.25) is 9.59 Å². The molecule has 1 aliphatic heterocycles. The Morgan fingerprint density at radius 2 is 1.72 bits per heavy atom. The zero-order chi connectivity index (χ0) is 23.1. The predicted molar refractivity (Wildman–Crippen MR) is 125 cm³/mol. The lowest BCUT2D eigenvalue weighted by Gasteiger charge is -2.26. The van der Waals surface area contributed by atoms with E-state index in [2.05, 4.69) is 6.92 Å². The number of likely N-dealkylation sites (tertiary alicyclic amines) is 1. The van der Waals surface area contributed by atoms with Gasteiger partial charge in [-0.2, -0.15) is 0 Å². The van der Waals surface area contributed by atoms with Crippen molar-refractivity contribution < 1.29 is 19.4 Å². The van der Waals surface area contributed by atoms with Crippen molar-refractivity contribution in [3.63, 3.8) is 0 Å². The lowest BCUT2D eigenvalue weighted by Crippen LogP contribution is -2.32. The van der Waals surface area contributed by atoms with Crippen molar-refractivity contribution in [2.75, 3.05) is 33.8 Å². The largest absolute Gasteiger partial charge is 0.507 e. The number of unbranched alkanes of at least 4 members (excludes halogenated alkanes) is 1. The Labute approximate surface area is 190 Å². The van der Waals surface area contributed by atoms with Crippen molar-refractivity contribution in [3.05, 3.63) is 71.3 Å². The van der Waals surface area contributed by atoms with E-state index in [9.17, 15) is 14.7 Å². The lowest BCUT2D eigenvalue weighted by molar-refractivity contribution is -0.139. The van der Waals surface area contributed by atoms with E-state index in [-0.39, 0.29) is 11.3 Å². The van der Waals surface area contributed by atoms with Crippen LogP contribution in [-0.2, 0) is 9.59 Å². The molecule has 2 aromatic rings. The second-order valence-electron chi connectivity index (χ2n) is 8.29. The number of Topliss-reactive ketones (excluding diaryl/α,β-unsaturated/α-hetero) is 1. The number of ketones is 1. The van der Waals surface area contributed by atoms with E-state index < -0.39 is 17.7 Å². The first-order valence-electron chi connectivity index (χ1n) is 11.1. The van der Waals surface area contributed by atoms with Crippen LogP contribution < -0.4 is 4.74 Å². The molecule has 0 aliphatic carbocycles. The van der Waals surface area contributed by atoms with E-state index in [1.54, 1.807) is 29.2 Å². The molecule has 0 radical (unpaired) electrons. The summed E-state index contributed by atoms with van der Waals surface area (Å²) in [6.07, 6.45) is 2.75. The van der Waals surface area contributed by atoms with Crippen LogP contribution in [0.4, 0.5) is 0 Å². The minimum absolute atomic E-state index is 0.130. The van der Waals surface area contributed by atoms with E-state index in [0.717, 1.165) is 31.4 Å². The van der Waals surface area contributed by atoms with Crippen LogP contribution in [0.15, 0.2) is 60.2 Å². The molecule has 0 unspecified atom stereocenters. The zero-order valence-electron chi connectivity index (χ0n) is 19.1. The lowest BCUT2D eigenvalue weighted by atomic mass is 9.95. The number of carbonyl (C=O) groups is 2. The monoisotopic (exact) mass is 436 g/mol. The van der Waals surface area contributed by atoms with Crippen LogP contribution in [0.2, 0.25) is 0 Å². The fraction of sp³-hybridized carbons (Fsp3) is 0.385. The highest BCUT2D eigenvalue weighted by Crippen LogP contribution is 2.39. The van der Waals surface area contributed by atoms with Gasteiger partial charge in [-0.1, -0.05) is 43.7 Å². The van der Waals surface area contributed by atoms with Gasteiger partial charge in [-0.05, 0) is 63.3 Å². The number of benzene rings is 2. The molecule has 1 amide bonds. The van der Waals surface area contributed by atoms with E-state index >= 15 is 0 Å². The Bertz CT molecular complexity index is 952. The summed E-state index contributed by atoms with van der Waals surface area (Å²) >= 11 is 0. The maximum Gasteiger partial charge on any atom is 0.295 e. The highest BCUT2D eigenvalue weighted by atomic mass is 16.5. The van der Waals surface area contributed by atoms with Crippen LogP contribution in [0.25, 0.3) is 5.76 Å². The van der Waals surface area contributed by atoms with Gasteiger partial charge in [0, 0.05) is 12.1 Å². The first-order chi connectivity index (χ1) is 15.4. The summed E-state index contributed by atoms with van der Waals surface area (Å²) in [5.41, 5.74) is 1.42. The molecule has 6 heteroatoms. The molecule has 1 N–H and O–H groups in total. The summed E-state index contributed by atoms with van der Waals surface area (Å²) in [6, 6.07) is 15.8. The molecule has 1 fully saturated rings. The number of amides is 1. The smallest absolute Gasteiger partial charge is 0.295 e. The fourth-order valence-corrected chi connectivity index (χ4v) is 3.85. The van der Waals surface area contributed by atoms with Crippen LogP contribution in [0.1, 0.15) is 43.4 Å². The third kappa shape index (κ3) is 5.37. The summed E-state index contributed by atoms with van der Waals surface area (Å²) in [4.78, 5) is 29.5. The number of hydrogen-bond donors (Lipinski definition) is 1. The van der Waals surface area contributed by atoms with Crippen molar-refractivity contribution in [3.8, 4) is 5.75 Å². The first kappa shape index (κ1) is 23.5. The molecule has 3 rings (SSSR count). The molecular formula is C26H32N2O4. The quantitative estimate of drug-likeness (QED) is 0.261. The third-order valence-electron chi connectivity index (χ3n) is 5.55. The molecule has 6 nitrogen and oxygen atoms in total. The first-order valence-corrected chi connectivity index (χ1v) is 11.1. The summed E-state index contributed by atoms with van der Waals surface area (Å²) < 4.78 is 5.68. The Hall–Kier alpha value is -3.12. The minimum atomic E-state index is -0.649. The van der Waals surface area contributed by atoms with Gasteiger partial charge in [-0.25, -0.2) is 0 Å². The number of nitrogens with zero attached hydrogens (tertiary/aromatic N) is 2. The summed E-state index contributed by atoms with van der Waals surface area (Å²) in [6.45, 7) is 3.96. The van der Waals surface area contributed by atoms with Crippen molar-refractivity contribution in [1.82, 2.24) is 9.80 Å². The highest BCUT2D eigenvalue weighted by Gasteiger charge is 2.45. The zero-order valence-corrected chi connectivity index (χ0v) is 19.1. The van der Waals surface area contributed by atoms with Crippen LogP contribution >= 0.6 is 0 Å². The van der Waals surface area contributed by atoms with Gasteiger partial charge in [0.2, 0.25) is 0 Å². The average Bonchev–Trinajstić information content (AvgIpc) is 3.04. The second-order valence-corrected chi connectivity index (χ2v) is 8.29. The van der Waals surface area contributed by atoms with Gasteiger partial charge in [0.25, 0.3) is 11.7 Å². The van der Waals surface area contributed by atoms with E-state index in [0.29, 0.717) is 24.5 Å². The normalized spacial score (nSPS) is 17.9. The molecule has 1 atom stereocenters. The molecular weight excluding hydrogens is 404 g/mol. The summed E-state index contributed by atoms with van der Waals surface area (Å²) in [5.74, 6) is -0.672. The molecule has 170 valence electrons. The third-order valence-corrected chi connectivity index (χ3v) is 5.55. The van der Waals surface area contributed by atoms with Gasteiger partial charge < -0.3 is 19.6 Å². The molecule has 1 heterocycles. The molecule has 0 aromatic heterocycles. The maximum absolute atomic E-state index is 13.0. The molecule has 1 saturated heterocycles. The number of rotatable bonds is 10. The SMILES string of the molecule is CCCCOc1ccc(C(O)=C2C(=O)C(=O)N(CCCN(C)C)[C@H]2c2ccccc2)cc1. The van der Waals surface area contributed by atoms with Gasteiger partial charge in [0.1, 0.15) is 11.5 Å². The summed E-state index contributed by atoms with van der Waals surface area (Å²) in [5, 5.41) is 11.1. The number of aliphatic hydroxyl groups is 1. The van der Waals surface area contributed by atoms with Crippen LogP contribution in [-0.4, -0.2) is 60.4 Å². The predicted octanol–water partition coefficient (Wildman–Crippen LogP) is 4.24. The Morgan fingerprint density at radius 3 is 2.34 bits per heavy atom. The Balaban J connectivity index is 1.95. The average molecular weight is 437 g/mol. The van der Waals surface area contributed by atoms with Gasteiger partial charge >= 0.3 is 0 Å². The Morgan fingerprint density at radius 1 is 1.03 bits per heavy atom. The van der Waals surface area contributed by atoms with Crippen molar-refractivity contribution in [2.24, 2.45) is 0 Å². The van der Waals surface area contributed by atoms with E-state index in [4.69, 9.17) is 4.74 Å². The van der Waals surface area contributed by atoms with E-state index in [1.165, 1.54) is 0 Å². The highest BCUT2D eigenvalue weighted by molar-refractivity contribution is 6.46. The van der Waals surface area contributed by atoms with Crippen LogP contribution in [0.3, 0.4) is 0 Å². The van der Waals surface area contributed by atoms with E-state index in [1.807, 2.05) is 49.3 Å². The number of hydrogen-bond acceptors (Lipinski definition) is 5. The van der Waals surface area contributed by atoms with Crippen molar-refractivity contribution >= 4 is 17.4 Å². The summed E-state index contributed by atoms with van der Waals surface area (Å²) in [7, 11) is 3.94. The topological polar surface area (TPSA) is 70.1 Å². The number of aliphatic hydroxyl groups excluding tert-OH is 1. The molecule has 1 aliphatic rings. The Kier molecular flexibility index (Phi) is 8.06. The standard InChI is InChI=1S/C26H32N2O4/c1-4-5-18-32-21-14-12-20(13-15-21)24(29)22-23(19-10-7-6-8-11-19)28(26(31)25(22)30)17-9-16-27(2)3/h6-8,10-15,23,29H,4-5,9,16-18H2,1-3H3/t23-/m0/s1. The van der Waals surface area contributed by atoms with Gasteiger partial charge in [0.05, 0.1) is 18.2 Å². The van der Waals surface area contributed by atoms with Crippen LogP contribution in [0, 0.1) is 0 Å². The van der Waals surface area contributed by atoms with Crippen molar-refractivity contribution in [1.29, 1.82) is 0 Å². The van der Waals surface area contributed by atoms with Gasteiger partial charge in [0.15, 0.2) is 0 Å². The number of ether oxygens (including phenoxy) is 1. The molecule has 0 spiro atoms. The minimum Gasteiger partial charge on any atom is -0.507 e. The number of carbonyl (C=O) groups excluding carboxylic acids is 2. The van der Waals surface area contributed by atoms with Crippen molar-refractivity contribution in [2.45, 2.75) is 32.2 Å². The van der Waals surface area contributed by atoms with Crippen LogP contribution in [0.5, 0.6) is 5.75 Å². The molecule has 2 aromatic carbocycles. The van der Waals surface area contributed by atoms with Gasteiger partial charge in [-0.15, -0.1) is 0 Å².